The number of anilines is 1. The number of hydrogen-bond acceptors (Lipinski definition) is 6. The molecule has 2 saturated carbocycles. The van der Waals surface area contributed by atoms with Crippen molar-refractivity contribution in [3.05, 3.63) is 39.8 Å². The molecule has 0 aliphatic heterocycles. The van der Waals surface area contributed by atoms with E-state index in [1.807, 2.05) is 31.1 Å². The smallest absolute Gasteiger partial charge is 0.348 e. The van der Waals surface area contributed by atoms with Crippen LogP contribution in [-0.4, -0.2) is 53.1 Å². The summed E-state index contributed by atoms with van der Waals surface area (Å²) < 4.78 is 6.44. The molecule has 2 aliphatic rings. The predicted octanol–water partition coefficient (Wildman–Crippen LogP) is 6.75. The highest BCUT2D eigenvalue weighted by atomic mass is 32.1. The Hall–Kier alpha value is -2.45. The van der Waals surface area contributed by atoms with E-state index in [4.69, 9.17) is 4.74 Å². The van der Waals surface area contributed by atoms with Crippen LogP contribution < -0.4 is 9.64 Å². The second kappa shape index (κ2) is 12.4. The molecule has 39 heavy (non-hydrogen) atoms. The van der Waals surface area contributed by atoms with Crippen LogP contribution in [0.25, 0.3) is 0 Å². The number of thiophene rings is 1. The number of hydrogen-bond donors (Lipinski definition) is 1. The van der Waals surface area contributed by atoms with Gasteiger partial charge in [-0.25, -0.2) is 4.79 Å². The number of ether oxygens (including phenoxy) is 1. The zero-order chi connectivity index (χ0) is 28.3. The van der Waals surface area contributed by atoms with E-state index in [0.717, 1.165) is 74.1 Å². The molecule has 2 heterocycles. The van der Waals surface area contributed by atoms with Crippen molar-refractivity contribution >= 4 is 28.9 Å². The molecule has 0 bridgehead atoms. The van der Waals surface area contributed by atoms with Crippen LogP contribution in [0.5, 0.6) is 5.75 Å². The number of rotatable bonds is 8. The lowest BCUT2D eigenvalue weighted by molar-refractivity contribution is -0.124. The van der Waals surface area contributed by atoms with E-state index in [9.17, 15) is 14.7 Å². The fraction of sp³-hybridized carbons (Fsp3) is 0.645. The summed E-state index contributed by atoms with van der Waals surface area (Å²) in [4.78, 5) is 36.1. The molecule has 1 N–H and O–H groups in total. The minimum absolute atomic E-state index is 0.0348. The summed E-state index contributed by atoms with van der Waals surface area (Å²) in [7, 11) is 4.07. The Morgan fingerprint density at radius 2 is 1.74 bits per heavy atom. The molecule has 1 amide bonds. The number of carbonyl (C=O) groups is 2. The van der Waals surface area contributed by atoms with Crippen molar-refractivity contribution in [2.45, 2.75) is 103 Å². The van der Waals surface area contributed by atoms with Crippen LogP contribution in [0.4, 0.5) is 5.69 Å². The highest BCUT2D eigenvalue weighted by Crippen LogP contribution is 2.42. The molecule has 214 valence electrons. The summed E-state index contributed by atoms with van der Waals surface area (Å²) in [6.07, 6.45) is 10.7. The first-order valence-electron chi connectivity index (χ1n) is 14.4. The van der Waals surface area contributed by atoms with Crippen LogP contribution in [0.2, 0.25) is 0 Å². The van der Waals surface area contributed by atoms with Gasteiger partial charge in [-0.2, -0.15) is 0 Å². The van der Waals surface area contributed by atoms with E-state index in [1.54, 1.807) is 12.4 Å². The number of carbonyl (C=O) groups excluding carboxylic acids is 1. The average Bonchev–Trinajstić information content (AvgIpc) is 3.33. The molecule has 2 fully saturated rings. The number of aromatic nitrogens is 1. The van der Waals surface area contributed by atoms with E-state index in [-0.39, 0.29) is 34.3 Å². The SMILES string of the molecule is CC1CCC(C(=O)N(c2cc(C(C)(C)C)sc2C(=O)O)[C@H]2CC[C@H](Oc3cnccc3CN(C)C)CC2)CC1. The van der Waals surface area contributed by atoms with Crippen LogP contribution in [0.15, 0.2) is 24.5 Å². The maximum absolute atomic E-state index is 14.2. The first-order valence-corrected chi connectivity index (χ1v) is 15.2. The van der Waals surface area contributed by atoms with Gasteiger partial charge in [-0.15, -0.1) is 11.3 Å². The lowest BCUT2D eigenvalue weighted by Crippen LogP contribution is -2.47. The number of aromatic carboxylic acids is 1. The highest BCUT2D eigenvalue weighted by Gasteiger charge is 2.38. The second-order valence-corrected chi connectivity index (χ2v) is 13.9. The van der Waals surface area contributed by atoms with Crippen molar-refractivity contribution in [1.82, 2.24) is 9.88 Å². The Labute approximate surface area is 237 Å². The van der Waals surface area contributed by atoms with Gasteiger partial charge < -0.3 is 19.6 Å². The van der Waals surface area contributed by atoms with Gasteiger partial charge in [-0.3, -0.25) is 9.78 Å². The standard InChI is InChI=1S/C31H45N3O4S/c1-20-7-9-21(10-8-20)29(35)34(25-17-27(31(2,3)4)39-28(25)30(36)37)23-11-13-24(14-12-23)38-26-18-32-16-15-22(26)19-33(5)6/h15-18,20-21,23-24H,7-14,19H2,1-6H3,(H,36,37)/t20?,21?,23-,24-. The van der Waals surface area contributed by atoms with E-state index in [0.29, 0.717) is 11.6 Å². The largest absolute Gasteiger partial charge is 0.488 e. The summed E-state index contributed by atoms with van der Waals surface area (Å²) >= 11 is 1.31. The van der Waals surface area contributed by atoms with Gasteiger partial charge >= 0.3 is 5.97 Å². The highest BCUT2D eigenvalue weighted by molar-refractivity contribution is 7.14. The quantitative estimate of drug-likeness (QED) is 0.388. The molecular weight excluding hydrogens is 510 g/mol. The van der Waals surface area contributed by atoms with Crippen molar-refractivity contribution in [3.8, 4) is 5.75 Å². The zero-order valence-corrected chi connectivity index (χ0v) is 25.2. The van der Waals surface area contributed by atoms with Gasteiger partial charge in [0.25, 0.3) is 0 Å². The van der Waals surface area contributed by atoms with Crippen molar-refractivity contribution in [2.75, 3.05) is 19.0 Å². The fourth-order valence-corrected chi connectivity index (χ4v) is 6.92. The molecule has 2 aromatic heterocycles. The van der Waals surface area contributed by atoms with E-state index in [2.05, 4.69) is 37.6 Å². The summed E-state index contributed by atoms with van der Waals surface area (Å²) in [6.45, 7) is 9.31. The van der Waals surface area contributed by atoms with Gasteiger partial charge in [0, 0.05) is 35.1 Å². The fourth-order valence-electron chi connectivity index (χ4n) is 5.87. The maximum atomic E-state index is 14.2. The van der Waals surface area contributed by atoms with Crippen molar-refractivity contribution in [2.24, 2.45) is 11.8 Å². The van der Waals surface area contributed by atoms with Gasteiger partial charge in [0.1, 0.15) is 10.6 Å². The normalized spacial score (nSPS) is 24.0. The molecule has 0 spiro atoms. The minimum atomic E-state index is -0.956. The third kappa shape index (κ3) is 7.20. The van der Waals surface area contributed by atoms with Crippen LogP contribution in [0.3, 0.4) is 0 Å². The Balaban J connectivity index is 1.57. The molecule has 2 aliphatic carbocycles. The molecule has 0 radical (unpaired) electrons. The number of carboxylic acid groups (broad SMARTS) is 1. The van der Waals surface area contributed by atoms with Gasteiger partial charge in [-0.1, -0.05) is 27.7 Å². The molecule has 2 aromatic rings. The lowest BCUT2D eigenvalue weighted by Gasteiger charge is -2.39. The van der Waals surface area contributed by atoms with E-state index >= 15 is 0 Å². The summed E-state index contributed by atoms with van der Waals surface area (Å²) in [6, 6.07) is 3.94. The van der Waals surface area contributed by atoms with Gasteiger partial charge in [0.15, 0.2) is 0 Å². The molecule has 0 saturated heterocycles. The van der Waals surface area contributed by atoms with Gasteiger partial charge in [-0.05, 0) is 88.9 Å². The summed E-state index contributed by atoms with van der Waals surface area (Å²) in [5.41, 5.74) is 1.51. The molecule has 8 heteroatoms. The Kier molecular flexibility index (Phi) is 9.37. The van der Waals surface area contributed by atoms with Crippen molar-refractivity contribution in [3.63, 3.8) is 0 Å². The first kappa shape index (κ1) is 29.5. The van der Waals surface area contributed by atoms with Crippen LogP contribution in [-0.2, 0) is 16.8 Å². The van der Waals surface area contributed by atoms with Gasteiger partial charge in [0.2, 0.25) is 5.91 Å². The number of nitrogens with zero attached hydrogens (tertiary/aromatic N) is 3. The van der Waals surface area contributed by atoms with E-state index in [1.165, 1.54) is 11.3 Å². The Morgan fingerprint density at radius 3 is 2.33 bits per heavy atom. The zero-order valence-electron chi connectivity index (χ0n) is 24.4. The van der Waals surface area contributed by atoms with Crippen molar-refractivity contribution < 1.29 is 19.4 Å². The first-order chi connectivity index (χ1) is 18.4. The Bertz CT molecular complexity index is 1140. The van der Waals surface area contributed by atoms with Crippen molar-refractivity contribution in [1.29, 1.82) is 0 Å². The van der Waals surface area contributed by atoms with Crippen LogP contribution in [0.1, 0.15) is 99.2 Å². The predicted molar refractivity (Wildman–Crippen MR) is 157 cm³/mol. The number of amides is 1. The molecule has 0 aromatic carbocycles. The maximum Gasteiger partial charge on any atom is 0.348 e. The summed E-state index contributed by atoms with van der Waals surface area (Å²) in [5, 5.41) is 10.2. The molecular formula is C31H45N3O4S. The number of pyridine rings is 1. The van der Waals surface area contributed by atoms with Gasteiger partial charge in [0.05, 0.1) is 18.0 Å². The minimum Gasteiger partial charge on any atom is -0.488 e. The summed E-state index contributed by atoms with van der Waals surface area (Å²) in [5.74, 6) is 0.567. The molecule has 0 unspecified atom stereocenters. The molecule has 0 atom stereocenters. The molecule has 7 nitrogen and oxygen atoms in total. The second-order valence-electron chi connectivity index (χ2n) is 12.8. The lowest BCUT2D eigenvalue weighted by atomic mass is 9.81. The topological polar surface area (TPSA) is 83.0 Å². The third-order valence-corrected chi connectivity index (χ3v) is 9.71. The third-order valence-electron chi connectivity index (χ3n) is 8.17. The average molecular weight is 556 g/mol. The number of carboxylic acids is 1. The monoisotopic (exact) mass is 555 g/mol. The van der Waals surface area contributed by atoms with E-state index < -0.39 is 5.97 Å². The Morgan fingerprint density at radius 1 is 1.08 bits per heavy atom. The van der Waals surface area contributed by atoms with Crippen LogP contribution in [0, 0.1) is 11.8 Å². The molecule has 4 rings (SSSR count). The van der Waals surface area contributed by atoms with Crippen LogP contribution >= 0.6 is 11.3 Å².